The van der Waals surface area contributed by atoms with E-state index in [4.69, 9.17) is 10.8 Å². The lowest BCUT2D eigenvalue weighted by molar-refractivity contribution is 0.248. The van der Waals surface area contributed by atoms with Crippen molar-refractivity contribution in [3.63, 3.8) is 0 Å². The normalized spacial score (nSPS) is 14.9. The van der Waals surface area contributed by atoms with E-state index in [0.717, 1.165) is 5.56 Å². The summed E-state index contributed by atoms with van der Waals surface area (Å²) in [5.41, 5.74) is 6.87. The van der Waals surface area contributed by atoms with Crippen LogP contribution in [0.1, 0.15) is 18.9 Å². The first-order valence-corrected chi connectivity index (χ1v) is 5.53. The van der Waals surface area contributed by atoms with Crippen LogP contribution < -0.4 is 5.73 Å². The van der Waals surface area contributed by atoms with Crippen LogP contribution in [0.15, 0.2) is 42.5 Å². The van der Waals surface area contributed by atoms with Gasteiger partial charge in [-0.05, 0) is 29.7 Å². The molecule has 0 amide bonds. The maximum atomic E-state index is 9.06. The van der Waals surface area contributed by atoms with Crippen LogP contribution in [-0.2, 0) is 5.54 Å². The fraction of sp³-hybridized carbons (Fsp3) is 0.286. The monoisotopic (exact) mass is 215 g/mol. The Morgan fingerprint density at radius 1 is 1.12 bits per heavy atom. The summed E-state index contributed by atoms with van der Waals surface area (Å²) in [4.78, 5) is 0. The van der Waals surface area contributed by atoms with Crippen LogP contribution in [-0.4, -0.2) is 11.7 Å². The number of benzene rings is 2. The van der Waals surface area contributed by atoms with Gasteiger partial charge in [0, 0.05) is 12.1 Å². The number of fused-ring (bicyclic) bond motifs is 1. The number of rotatable bonds is 3. The van der Waals surface area contributed by atoms with Crippen LogP contribution in [0.4, 0.5) is 0 Å². The molecule has 0 aliphatic heterocycles. The number of aliphatic hydroxyl groups excluding tert-OH is 1. The van der Waals surface area contributed by atoms with Crippen LogP contribution in [0.3, 0.4) is 0 Å². The largest absolute Gasteiger partial charge is 0.396 e. The smallest absolute Gasteiger partial charge is 0.0451 e. The third-order valence-corrected chi connectivity index (χ3v) is 3.04. The Labute approximate surface area is 95.7 Å². The summed E-state index contributed by atoms with van der Waals surface area (Å²) in [6, 6.07) is 14.3. The van der Waals surface area contributed by atoms with Crippen molar-refractivity contribution in [3.05, 3.63) is 48.0 Å². The van der Waals surface area contributed by atoms with Crippen molar-refractivity contribution in [3.8, 4) is 0 Å². The summed E-state index contributed by atoms with van der Waals surface area (Å²) in [6.45, 7) is 2.07. The van der Waals surface area contributed by atoms with Crippen molar-refractivity contribution in [1.82, 2.24) is 0 Å². The van der Waals surface area contributed by atoms with E-state index < -0.39 is 5.54 Å². The van der Waals surface area contributed by atoms with Crippen molar-refractivity contribution < 1.29 is 5.11 Å². The van der Waals surface area contributed by atoms with Gasteiger partial charge in [-0.25, -0.2) is 0 Å². The Hall–Kier alpha value is -1.38. The molecule has 0 radical (unpaired) electrons. The van der Waals surface area contributed by atoms with Crippen molar-refractivity contribution in [2.75, 3.05) is 6.61 Å². The van der Waals surface area contributed by atoms with Gasteiger partial charge in [-0.1, -0.05) is 42.5 Å². The molecule has 2 nitrogen and oxygen atoms in total. The summed E-state index contributed by atoms with van der Waals surface area (Å²) < 4.78 is 0. The zero-order valence-corrected chi connectivity index (χ0v) is 9.48. The highest BCUT2D eigenvalue weighted by molar-refractivity contribution is 5.86. The average Bonchev–Trinajstić information content (AvgIpc) is 2.28. The van der Waals surface area contributed by atoms with Gasteiger partial charge in [-0.3, -0.25) is 0 Å². The molecule has 0 bridgehead atoms. The maximum Gasteiger partial charge on any atom is 0.0451 e. The topological polar surface area (TPSA) is 46.2 Å². The predicted molar refractivity (Wildman–Crippen MR) is 67.2 cm³/mol. The summed E-state index contributed by atoms with van der Waals surface area (Å²) in [6.07, 6.45) is 0.570. The standard InChI is InChI=1S/C14H17NO/c1-14(15,9-10-16)13-8-4-6-11-5-2-3-7-12(11)13/h2-8,16H,9-10,15H2,1H3. The highest BCUT2D eigenvalue weighted by Gasteiger charge is 2.22. The second-order valence-electron chi connectivity index (χ2n) is 4.42. The molecule has 0 saturated carbocycles. The highest BCUT2D eigenvalue weighted by atomic mass is 16.3. The molecule has 0 aliphatic carbocycles. The lowest BCUT2D eigenvalue weighted by Crippen LogP contribution is -2.34. The maximum absolute atomic E-state index is 9.06. The lowest BCUT2D eigenvalue weighted by atomic mass is 9.86. The van der Waals surface area contributed by atoms with Gasteiger partial charge < -0.3 is 10.8 Å². The minimum Gasteiger partial charge on any atom is -0.396 e. The van der Waals surface area contributed by atoms with Gasteiger partial charge in [0.15, 0.2) is 0 Å². The SMILES string of the molecule is CC(N)(CCO)c1cccc2ccccc12. The fourth-order valence-corrected chi connectivity index (χ4v) is 2.09. The number of hydrogen-bond donors (Lipinski definition) is 2. The minimum atomic E-state index is -0.477. The summed E-state index contributed by atoms with van der Waals surface area (Å²) in [5, 5.41) is 11.4. The van der Waals surface area contributed by atoms with E-state index in [-0.39, 0.29) is 6.61 Å². The van der Waals surface area contributed by atoms with E-state index in [1.165, 1.54) is 10.8 Å². The molecule has 1 unspecified atom stereocenters. The molecular formula is C14H17NO. The molecule has 2 aromatic rings. The second kappa shape index (κ2) is 4.24. The lowest BCUT2D eigenvalue weighted by Gasteiger charge is -2.25. The molecule has 2 aromatic carbocycles. The quantitative estimate of drug-likeness (QED) is 0.825. The van der Waals surface area contributed by atoms with Crippen molar-refractivity contribution in [2.24, 2.45) is 5.73 Å². The van der Waals surface area contributed by atoms with Crippen LogP contribution in [0.2, 0.25) is 0 Å². The molecule has 0 spiro atoms. The summed E-state index contributed by atoms with van der Waals surface area (Å²) >= 11 is 0. The van der Waals surface area contributed by atoms with Gasteiger partial charge in [0.1, 0.15) is 0 Å². The van der Waals surface area contributed by atoms with Gasteiger partial charge in [-0.2, -0.15) is 0 Å². The molecule has 0 aliphatic rings. The molecule has 2 rings (SSSR count). The third kappa shape index (κ3) is 1.94. The molecule has 0 heterocycles. The molecule has 16 heavy (non-hydrogen) atoms. The van der Waals surface area contributed by atoms with E-state index >= 15 is 0 Å². The first-order chi connectivity index (χ1) is 7.65. The van der Waals surface area contributed by atoms with Gasteiger partial charge >= 0.3 is 0 Å². The van der Waals surface area contributed by atoms with Gasteiger partial charge in [0.25, 0.3) is 0 Å². The minimum absolute atomic E-state index is 0.107. The molecular weight excluding hydrogens is 198 g/mol. The fourth-order valence-electron chi connectivity index (χ4n) is 2.09. The van der Waals surface area contributed by atoms with Gasteiger partial charge in [0.2, 0.25) is 0 Å². The zero-order chi connectivity index (χ0) is 11.6. The first kappa shape index (κ1) is 11.1. The zero-order valence-electron chi connectivity index (χ0n) is 9.48. The molecule has 3 N–H and O–H groups in total. The number of aliphatic hydroxyl groups is 1. The Bertz CT molecular complexity index is 486. The Morgan fingerprint density at radius 3 is 2.56 bits per heavy atom. The van der Waals surface area contributed by atoms with Crippen LogP contribution in [0.5, 0.6) is 0 Å². The highest BCUT2D eigenvalue weighted by Crippen LogP contribution is 2.28. The predicted octanol–water partition coefficient (Wildman–Crippen LogP) is 2.40. The van der Waals surface area contributed by atoms with Crippen molar-refractivity contribution in [1.29, 1.82) is 0 Å². The second-order valence-corrected chi connectivity index (χ2v) is 4.42. The van der Waals surface area contributed by atoms with Gasteiger partial charge in [0.05, 0.1) is 0 Å². The van der Waals surface area contributed by atoms with E-state index in [1.807, 2.05) is 31.2 Å². The van der Waals surface area contributed by atoms with Crippen LogP contribution in [0, 0.1) is 0 Å². The molecule has 1 atom stereocenters. The Kier molecular flexibility index (Phi) is 2.95. The summed E-state index contributed by atoms with van der Waals surface area (Å²) in [5.74, 6) is 0. The number of hydrogen-bond acceptors (Lipinski definition) is 2. The number of nitrogens with two attached hydrogens (primary N) is 1. The molecule has 84 valence electrons. The average molecular weight is 215 g/mol. The molecule has 0 aromatic heterocycles. The van der Waals surface area contributed by atoms with Crippen LogP contribution >= 0.6 is 0 Å². The Morgan fingerprint density at radius 2 is 1.81 bits per heavy atom. The van der Waals surface area contributed by atoms with E-state index in [9.17, 15) is 0 Å². The molecule has 2 heteroatoms. The molecule has 0 fully saturated rings. The van der Waals surface area contributed by atoms with E-state index in [0.29, 0.717) is 6.42 Å². The first-order valence-electron chi connectivity index (χ1n) is 5.53. The van der Waals surface area contributed by atoms with Crippen molar-refractivity contribution in [2.45, 2.75) is 18.9 Å². The summed E-state index contributed by atoms with van der Waals surface area (Å²) in [7, 11) is 0. The molecule has 0 saturated heterocycles. The van der Waals surface area contributed by atoms with Crippen LogP contribution in [0.25, 0.3) is 10.8 Å². The van der Waals surface area contributed by atoms with Gasteiger partial charge in [-0.15, -0.1) is 0 Å². The van der Waals surface area contributed by atoms with E-state index in [1.54, 1.807) is 0 Å². The Balaban J connectivity index is 2.60. The third-order valence-electron chi connectivity index (χ3n) is 3.04. The van der Waals surface area contributed by atoms with Crippen molar-refractivity contribution >= 4 is 10.8 Å². The van der Waals surface area contributed by atoms with E-state index in [2.05, 4.69) is 18.2 Å².